The fourth-order valence-electron chi connectivity index (χ4n) is 3.93. The number of cyclic esters (lactones) is 1. The van der Waals surface area contributed by atoms with Gasteiger partial charge in [0.2, 0.25) is 5.91 Å². The second-order valence-corrected chi connectivity index (χ2v) is 9.06. The molecule has 2 aliphatic rings. The summed E-state index contributed by atoms with van der Waals surface area (Å²) in [7, 11) is 0. The first-order valence-electron chi connectivity index (χ1n) is 11.5. The summed E-state index contributed by atoms with van der Waals surface area (Å²) in [4.78, 5) is 49.1. The van der Waals surface area contributed by atoms with Gasteiger partial charge in [-0.3, -0.25) is 14.4 Å². The molecule has 0 aromatic heterocycles. The Kier molecular flexibility index (Phi) is 8.07. The lowest BCUT2D eigenvalue weighted by atomic mass is 9.83. The third-order valence-corrected chi connectivity index (χ3v) is 6.38. The maximum absolute atomic E-state index is 12.7. The average molecular weight is 460 g/mol. The maximum atomic E-state index is 12.7. The molecule has 1 aromatic rings. The number of carbonyl (C=O) groups excluding carboxylic acids is 4. The monoisotopic (exact) mass is 459 g/mol. The molecule has 7 atom stereocenters. The normalized spacial score (nSPS) is 26.1. The largest absolute Gasteiger partial charge is 0.459 e. The molecule has 3 rings (SSSR count). The number of hydrogen-bond acceptors (Lipinski definition) is 7. The highest BCUT2D eigenvalue weighted by atomic mass is 16.6. The Morgan fingerprint density at radius 3 is 2.52 bits per heavy atom. The van der Waals surface area contributed by atoms with Crippen molar-refractivity contribution in [3.63, 3.8) is 0 Å². The van der Waals surface area contributed by atoms with Gasteiger partial charge in [-0.15, -0.1) is 0 Å². The fraction of sp³-hybridized carbons (Fsp3) is 0.583. The second kappa shape index (κ2) is 10.8. The minimum Gasteiger partial charge on any atom is -0.459 e. The Labute approximate surface area is 193 Å². The molecule has 9 nitrogen and oxygen atoms in total. The van der Waals surface area contributed by atoms with Gasteiger partial charge < -0.3 is 25.8 Å². The summed E-state index contributed by atoms with van der Waals surface area (Å²) in [6.07, 6.45) is 0.993. The molecule has 33 heavy (non-hydrogen) atoms. The average Bonchev–Trinajstić information content (AvgIpc) is 3.52. The summed E-state index contributed by atoms with van der Waals surface area (Å²) < 4.78 is 10.5. The standard InChI is InChI=1S/C24H33N3O6/c1-4-13(2)19-20(33-24(19)31)22(29)26-17-10-16(17)11-18(27-21(28)14(3)25)23(30)32-12-15-8-6-5-7-9-15/h5-9,13-14,16-20H,4,10-12,25H2,1-3H3,(H,26,29)(H,27,28)/t13-,14+,16-,17?,18+,19-,20+/m0/s1. The lowest BCUT2D eigenvalue weighted by molar-refractivity contribution is -0.193. The van der Waals surface area contributed by atoms with Gasteiger partial charge in [0.15, 0.2) is 6.10 Å². The Morgan fingerprint density at radius 2 is 1.91 bits per heavy atom. The first-order chi connectivity index (χ1) is 15.7. The highest BCUT2D eigenvalue weighted by Crippen LogP contribution is 2.37. The second-order valence-electron chi connectivity index (χ2n) is 9.06. The zero-order chi connectivity index (χ0) is 24.1. The molecule has 2 fully saturated rings. The van der Waals surface area contributed by atoms with Crippen LogP contribution in [0.25, 0.3) is 0 Å². The van der Waals surface area contributed by atoms with Crippen molar-refractivity contribution >= 4 is 23.8 Å². The van der Waals surface area contributed by atoms with Gasteiger partial charge in [-0.05, 0) is 37.2 Å². The third-order valence-electron chi connectivity index (χ3n) is 6.38. The molecular weight excluding hydrogens is 426 g/mol. The van der Waals surface area contributed by atoms with Crippen molar-refractivity contribution in [2.45, 2.75) is 70.9 Å². The molecule has 1 unspecified atom stereocenters. The molecule has 1 aliphatic carbocycles. The minimum absolute atomic E-state index is 0.00516. The molecule has 1 saturated heterocycles. The summed E-state index contributed by atoms with van der Waals surface area (Å²) in [5.74, 6) is -2.00. The van der Waals surface area contributed by atoms with Crippen LogP contribution in [-0.4, -0.2) is 48.0 Å². The van der Waals surface area contributed by atoms with Crippen molar-refractivity contribution in [2.75, 3.05) is 0 Å². The van der Waals surface area contributed by atoms with E-state index in [1.54, 1.807) is 0 Å². The van der Waals surface area contributed by atoms with E-state index in [1.165, 1.54) is 6.92 Å². The van der Waals surface area contributed by atoms with Gasteiger partial charge in [0.25, 0.3) is 5.91 Å². The van der Waals surface area contributed by atoms with E-state index >= 15 is 0 Å². The number of amides is 2. The first-order valence-corrected chi connectivity index (χ1v) is 11.5. The number of esters is 2. The topological polar surface area (TPSA) is 137 Å². The molecule has 0 spiro atoms. The minimum atomic E-state index is -0.867. The van der Waals surface area contributed by atoms with E-state index in [-0.39, 0.29) is 36.4 Å². The van der Waals surface area contributed by atoms with E-state index in [0.29, 0.717) is 12.8 Å². The smallest absolute Gasteiger partial charge is 0.328 e. The Balaban J connectivity index is 1.53. The SMILES string of the molecule is CC[C@H](C)[C@@H]1C(=O)O[C@H]1C(=O)NC1C[C@H]1C[C@@H](NC(=O)[C@@H](C)N)C(=O)OCc1ccccc1. The molecule has 0 bridgehead atoms. The van der Waals surface area contributed by atoms with Crippen LogP contribution in [0.2, 0.25) is 0 Å². The molecule has 1 aliphatic heterocycles. The zero-order valence-electron chi connectivity index (χ0n) is 19.3. The predicted molar refractivity (Wildman–Crippen MR) is 119 cm³/mol. The summed E-state index contributed by atoms with van der Waals surface area (Å²) >= 11 is 0. The number of nitrogens with two attached hydrogens (primary N) is 1. The molecule has 0 radical (unpaired) electrons. The van der Waals surface area contributed by atoms with E-state index in [1.807, 2.05) is 44.2 Å². The first kappa shape index (κ1) is 24.7. The van der Waals surface area contributed by atoms with Crippen molar-refractivity contribution < 1.29 is 28.7 Å². The summed E-state index contributed by atoms with van der Waals surface area (Å²) in [5, 5.41) is 5.57. The molecule has 1 aromatic carbocycles. The van der Waals surface area contributed by atoms with Crippen LogP contribution in [0, 0.1) is 17.8 Å². The van der Waals surface area contributed by atoms with Crippen LogP contribution < -0.4 is 16.4 Å². The Hall–Kier alpha value is -2.94. The van der Waals surface area contributed by atoms with Gasteiger partial charge in [-0.25, -0.2) is 4.79 Å². The number of carbonyl (C=O) groups is 4. The van der Waals surface area contributed by atoms with E-state index in [0.717, 1.165) is 12.0 Å². The van der Waals surface area contributed by atoms with Crippen LogP contribution in [-0.2, 0) is 35.3 Å². The van der Waals surface area contributed by atoms with Gasteiger partial charge in [0, 0.05) is 6.04 Å². The molecule has 1 heterocycles. The number of rotatable bonds is 11. The van der Waals surface area contributed by atoms with Crippen LogP contribution in [0.4, 0.5) is 0 Å². The molecule has 180 valence electrons. The number of nitrogens with one attached hydrogen (secondary N) is 2. The lowest BCUT2D eigenvalue weighted by Gasteiger charge is -2.37. The highest BCUT2D eigenvalue weighted by Gasteiger charge is 2.51. The van der Waals surface area contributed by atoms with Crippen molar-refractivity contribution in [1.29, 1.82) is 0 Å². The van der Waals surface area contributed by atoms with Crippen molar-refractivity contribution in [3.8, 4) is 0 Å². The molecule has 4 N–H and O–H groups in total. The molecule has 1 saturated carbocycles. The Morgan fingerprint density at radius 1 is 1.21 bits per heavy atom. The van der Waals surface area contributed by atoms with Crippen LogP contribution in [0.5, 0.6) is 0 Å². The fourth-order valence-corrected chi connectivity index (χ4v) is 3.93. The Bertz CT molecular complexity index is 874. The van der Waals surface area contributed by atoms with E-state index in [4.69, 9.17) is 15.2 Å². The van der Waals surface area contributed by atoms with Crippen LogP contribution >= 0.6 is 0 Å². The molecule has 2 amide bonds. The van der Waals surface area contributed by atoms with E-state index in [2.05, 4.69) is 10.6 Å². The van der Waals surface area contributed by atoms with Crippen molar-refractivity contribution in [3.05, 3.63) is 35.9 Å². The number of ether oxygens (including phenoxy) is 2. The van der Waals surface area contributed by atoms with E-state index in [9.17, 15) is 19.2 Å². The predicted octanol–water partition coefficient (Wildman–Crippen LogP) is 1.04. The number of hydrogen-bond donors (Lipinski definition) is 3. The summed E-state index contributed by atoms with van der Waals surface area (Å²) in [5.41, 5.74) is 6.48. The van der Waals surface area contributed by atoms with Crippen molar-refractivity contribution in [2.24, 2.45) is 23.5 Å². The van der Waals surface area contributed by atoms with Gasteiger partial charge in [-0.2, -0.15) is 0 Å². The van der Waals surface area contributed by atoms with Gasteiger partial charge in [0.1, 0.15) is 18.6 Å². The van der Waals surface area contributed by atoms with Gasteiger partial charge >= 0.3 is 11.9 Å². The van der Waals surface area contributed by atoms with Crippen LogP contribution in [0.1, 0.15) is 45.6 Å². The quantitative estimate of drug-likeness (QED) is 0.421. The molecule has 9 heteroatoms. The third kappa shape index (κ3) is 6.31. The van der Waals surface area contributed by atoms with Gasteiger partial charge in [-0.1, -0.05) is 50.6 Å². The number of benzene rings is 1. The maximum Gasteiger partial charge on any atom is 0.328 e. The highest BCUT2D eigenvalue weighted by molar-refractivity contribution is 5.94. The lowest BCUT2D eigenvalue weighted by Crippen LogP contribution is -2.56. The van der Waals surface area contributed by atoms with Crippen LogP contribution in [0.3, 0.4) is 0 Å². The molecular formula is C24H33N3O6. The summed E-state index contributed by atoms with van der Waals surface area (Å²) in [6, 6.07) is 7.47. The van der Waals surface area contributed by atoms with Crippen molar-refractivity contribution in [1.82, 2.24) is 10.6 Å². The van der Waals surface area contributed by atoms with Crippen LogP contribution in [0.15, 0.2) is 30.3 Å². The van der Waals surface area contributed by atoms with Gasteiger partial charge in [0.05, 0.1) is 6.04 Å². The summed E-state index contributed by atoms with van der Waals surface area (Å²) in [6.45, 7) is 5.53. The van der Waals surface area contributed by atoms with E-state index < -0.39 is 36.0 Å². The zero-order valence-corrected chi connectivity index (χ0v) is 19.3.